The number of aromatic nitrogens is 2. The molecule has 3 rings (SSSR count). The number of nitrogens with zero attached hydrogens (tertiary/aromatic N) is 3. The van der Waals surface area contributed by atoms with Crippen molar-refractivity contribution in [2.24, 2.45) is 0 Å². The molecule has 1 aliphatic heterocycles. The zero-order valence-electron chi connectivity index (χ0n) is 10.7. The first kappa shape index (κ1) is 12.4. The van der Waals surface area contributed by atoms with Crippen molar-refractivity contribution in [2.75, 3.05) is 11.4 Å². The van der Waals surface area contributed by atoms with Gasteiger partial charge in [0.2, 0.25) is 5.95 Å². The van der Waals surface area contributed by atoms with Crippen molar-refractivity contribution in [3.8, 4) is 0 Å². The average Bonchev–Trinajstić information content (AvgIpc) is 2.83. The van der Waals surface area contributed by atoms with Crippen LogP contribution in [0.3, 0.4) is 0 Å². The Morgan fingerprint density at radius 2 is 2.00 bits per heavy atom. The molecule has 0 bridgehead atoms. The Bertz CT molecular complexity index is 718. The van der Waals surface area contributed by atoms with E-state index in [1.54, 1.807) is 0 Å². The van der Waals surface area contributed by atoms with Gasteiger partial charge in [-0.05, 0) is 18.6 Å². The lowest BCUT2D eigenvalue weighted by Gasteiger charge is -2.26. The fraction of sp³-hybridized carbons (Fsp3) is 0.214. The van der Waals surface area contributed by atoms with Crippen molar-refractivity contribution < 1.29 is 14.7 Å². The van der Waals surface area contributed by atoms with Crippen LogP contribution in [-0.2, 0) is 16.1 Å². The maximum absolute atomic E-state index is 12.1. The molecule has 1 aromatic carbocycles. The third kappa shape index (κ3) is 2.05. The van der Waals surface area contributed by atoms with Gasteiger partial charge in [-0.25, -0.2) is 9.78 Å². The Labute approximate surface area is 114 Å². The summed E-state index contributed by atoms with van der Waals surface area (Å²) in [6.07, 6.45) is 2.74. The maximum Gasteiger partial charge on any atom is 0.328 e. The zero-order valence-corrected chi connectivity index (χ0v) is 10.7. The second-order valence-corrected chi connectivity index (χ2v) is 4.57. The van der Waals surface area contributed by atoms with Gasteiger partial charge in [0.15, 0.2) is 0 Å². The lowest BCUT2D eigenvalue weighted by Crippen LogP contribution is -2.36. The normalized spacial score (nSPS) is 14.7. The first-order valence-corrected chi connectivity index (χ1v) is 6.34. The van der Waals surface area contributed by atoms with E-state index < -0.39 is 5.97 Å². The minimum absolute atomic E-state index is 0.358. The van der Waals surface area contributed by atoms with Crippen molar-refractivity contribution in [3.05, 3.63) is 36.4 Å². The van der Waals surface area contributed by atoms with Crippen molar-refractivity contribution >= 4 is 28.9 Å². The number of benzene rings is 1. The molecule has 20 heavy (non-hydrogen) atoms. The molecule has 2 aromatic rings. The van der Waals surface area contributed by atoms with E-state index in [-0.39, 0.29) is 5.91 Å². The molecule has 1 amide bonds. The van der Waals surface area contributed by atoms with Crippen LogP contribution >= 0.6 is 0 Å². The molecule has 1 N–H and O–H groups in total. The number of carboxylic acid groups (broad SMARTS) is 1. The highest BCUT2D eigenvalue weighted by Gasteiger charge is 2.24. The highest BCUT2D eigenvalue weighted by molar-refractivity contribution is 6.04. The van der Waals surface area contributed by atoms with Crippen LogP contribution in [0.25, 0.3) is 11.0 Å². The summed E-state index contributed by atoms with van der Waals surface area (Å²) < 4.78 is 1.99. The van der Waals surface area contributed by atoms with Gasteiger partial charge in [0, 0.05) is 25.2 Å². The van der Waals surface area contributed by atoms with Gasteiger partial charge >= 0.3 is 5.97 Å². The Morgan fingerprint density at radius 3 is 2.80 bits per heavy atom. The molecular formula is C14H13N3O3. The van der Waals surface area contributed by atoms with Crippen LogP contribution in [0.2, 0.25) is 0 Å². The number of para-hydroxylation sites is 2. The zero-order chi connectivity index (χ0) is 14.1. The Kier molecular flexibility index (Phi) is 2.98. The van der Waals surface area contributed by atoms with Crippen LogP contribution in [0, 0.1) is 0 Å². The largest absolute Gasteiger partial charge is 0.478 e. The SMILES string of the molecule is O=C(O)/C=C/C(=O)N1CCCn2c1nc1ccccc12. The van der Waals surface area contributed by atoms with Gasteiger partial charge in [-0.3, -0.25) is 9.69 Å². The molecule has 0 unspecified atom stereocenters. The summed E-state index contributed by atoms with van der Waals surface area (Å²) in [5.74, 6) is -0.912. The Morgan fingerprint density at radius 1 is 1.20 bits per heavy atom. The Balaban J connectivity index is 2.01. The average molecular weight is 271 g/mol. The number of carboxylic acids is 1. The first-order valence-electron chi connectivity index (χ1n) is 6.34. The molecule has 0 radical (unpaired) electrons. The van der Waals surface area contributed by atoms with Crippen LogP contribution in [-0.4, -0.2) is 33.1 Å². The number of imidazole rings is 1. The van der Waals surface area contributed by atoms with E-state index in [1.807, 2.05) is 28.8 Å². The standard InChI is InChI=1S/C14H13N3O3/c18-12(6-7-13(19)20)17-9-3-8-16-11-5-2-1-4-10(11)15-14(16)17/h1-2,4-7H,3,8-9H2,(H,19,20)/b7-6+. The number of aliphatic carboxylic acids is 1. The van der Waals surface area contributed by atoms with Gasteiger partial charge < -0.3 is 9.67 Å². The molecule has 0 atom stereocenters. The summed E-state index contributed by atoms with van der Waals surface area (Å²) in [7, 11) is 0. The van der Waals surface area contributed by atoms with Crippen LogP contribution < -0.4 is 4.90 Å². The van der Waals surface area contributed by atoms with Gasteiger partial charge in [-0.15, -0.1) is 0 Å². The summed E-state index contributed by atoms with van der Waals surface area (Å²) in [6.45, 7) is 1.36. The van der Waals surface area contributed by atoms with Crippen LogP contribution in [0.5, 0.6) is 0 Å². The van der Waals surface area contributed by atoms with Crippen molar-refractivity contribution in [2.45, 2.75) is 13.0 Å². The number of anilines is 1. The highest BCUT2D eigenvalue weighted by Crippen LogP contribution is 2.26. The number of carbonyl (C=O) groups is 2. The van der Waals surface area contributed by atoms with E-state index >= 15 is 0 Å². The molecule has 1 aromatic heterocycles. The van der Waals surface area contributed by atoms with Gasteiger partial charge in [0.05, 0.1) is 11.0 Å². The number of carbonyl (C=O) groups excluding carboxylic acids is 1. The summed E-state index contributed by atoms with van der Waals surface area (Å²) in [4.78, 5) is 28.5. The van der Waals surface area contributed by atoms with E-state index in [1.165, 1.54) is 4.90 Å². The fourth-order valence-corrected chi connectivity index (χ4v) is 2.42. The van der Waals surface area contributed by atoms with E-state index in [0.717, 1.165) is 36.2 Å². The molecule has 0 saturated carbocycles. The van der Waals surface area contributed by atoms with E-state index in [2.05, 4.69) is 4.98 Å². The third-order valence-electron chi connectivity index (χ3n) is 3.27. The van der Waals surface area contributed by atoms with Gasteiger partial charge in [-0.1, -0.05) is 12.1 Å². The van der Waals surface area contributed by atoms with Gasteiger partial charge in [-0.2, -0.15) is 0 Å². The van der Waals surface area contributed by atoms with Gasteiger partial charge in [0.1, 0.15) is 0 Å². The van der Waals surface area contributed by atoms with E-state index in [4.69, 9.17) is 5.11 Å². The quantitative estimate of drug-likeness (QED) is 0.838. The number of amides is 1. The molecule has 0 spiro atoms. The smallest absolute Gasteiger partial charge is 0.328 e. The molecule has 6 nitrogen and oxygen atoms in total. The van der Waals surface area contributed by atoms with Crippen LogP contribution in [0.1, 0.15) is 6.42 Å². The van der Waals surface area contributed by atoms with Crippen molar-refractivity contribution in [1.82, 2.24) is 9.55 Å². The molecule has 6 heteroatoms. The summed E-state index contributed by atoms with van der Waals surface area (Å²) in [5.41, 5.74) is 1.83. The summed E-state index contributed by atoms with van der Waals surface area (Å²) >= 11 is 0. The first-order chi connectivity index (χ1) is 9.66. The van der Waals surface area contributed by atoms with E-state index in [0.29, 0.717) is 12.5 Å². The lowest BCUT2D eigenvalue weighted by molar-refractivity contribution is -0.131. The van der Waals surface area contributed by atoms with Crippen LogP contribution in [0.4, 0.5) is 5.95 Å². The van der Waals surface area contributed by atoms with Gasteiger partial charge in [0.25, 0.3) is 5.91 Å². The van der Waals surface area contributed by atoms with Crippen molar-refractivity contribution in [1.29, 1.82) is 0 Å². The molecular weight excluding hydrogens is 258 g/mol. The van der Waals surface area contributed by atoms with Crippen molar-refractivity contribution in [3.63, 3.8) is 0 Å². The van der Waals surface area contributed by atoms with Crippen LogP contribution in [0.15, 0.2) is 36.4 Å². The number of hydrogen-bond donors (Lipinski definition) is 1. The number of hydrogen-bond acceptors (Lipinski definition) is 3. The lowest BCUT2D eigenvalue weighted by atomic mass is 10.3. The molecule has 0 fully saturated rings. The molecule has 102 valence electrons. The number of fused-ring (bicyclic) bond motifs is 3. The predicted octanol–water partition coefficient (Wildman–Crippen LogP) is 1.41. The molecule has 2 heterocycles. The molecule has 0 aliphatic carbocycles. The monoisotopic (exact) mass is 271 g/mol. The topological polar surface area (TPSA) is 75.4 Å². The second kappa shape index (κ2) is 4.80. The minimum Gasteiger partial charge on any atom is -0.478 e. The fourth-order valence-electron chi connectivity index (χ4n) is 2.42. The maximum atomic E-state index is 12.1. The number of rotatable bonds is 2. The summed E-state index contributed by atoms with van der Waals surface area (Å²) in [6, 6.07) is 7.70. The summed E-state index contributed by atoms with van der Waals surface area (Å²) in [5, 5.41) is 8.59. The molecule has 0 saturated heterocycles. The third-order valence-corrected chi connectivity index (χ3v) is 3.27. The minimum atomic E-state index is -1.14. The highest BCUT2D eigenvalue weighted by atomic mass is 16.4. The predicted molar refractivity (Wildman–Crippen MR) is 73.5 cm³/mol. The number of aryl methyl sites for hydroxylation is 1. The second-order valence-electron chi connectivity index (χ2n) is 4.57. The molecule has 1 aliphatic rings. The van der Waals surface area contributed by atoms with E-state index in [9.17, 15) is 9.59 Å². The Hall–Kier alpha value is -2.63.